The zero-order chi connectivity index (χ0) is 17.0. The molecule has 0 aliphatic heterocycles. The van der Waals surface area contributed by atoms with Gasteiger partial charge in [-0.25, -0.2) is 0 Å². The van der Waals surface area contributed by atoms with Gasteiger partial charge in [0.2, 0.25) is 6.41 Å². The van der Waals surface area contributed by atoms with Crippen molar-refractivity contribution in [2.24, 2.45) is 0 Å². The Kier molecular flexibility index (Phi) is 4.68. The van der Waals surface area contributed by atoms with Crippen LogP contribution in [0.15, 0.2) is 42.5 Å². The van der Waals surface area contributed by atoms with Crippen molar-refractivity contribution in [3.8, 4) is 0 Å². The second kappa shape index (κ2) is 6.51. The summed E-state index contributed by atoms with van der Waals surface area (Å²) in [6.45, 7) is 1.75. The second-order valence-corrected chi connectivity index (χ2v) is 4.82. The van der Waals surface area contributed by atoms with E-state index >= 15 is 0 Å². The van der Waals surface area contributed by atoms with Crippen LogP contribution in [0.3, 0.4) is 0 Å². The summed E-state index contributed by atoms with van der Waals surface area (Å²) in [5, 5.41) is 4.86. The number of carbonyl (C=O) groups excluding carboxylic acids is 2. The normalized spacial score (nSPS) is 11.0. The van der Waals surface area contributed by atoms with Gasteiger partial charge in [-0.2, -0.15) is 13.2 Å². The number of hydrogen-bond donors (Lipinski definition) is 2. The molecule has 2 aromatic rings. The smallest absolute Gasteiger partial charge is 0.328 e. The summed E-state index contributed by atoms with van der Waals surface area (Å²) in [4.78, 5) is 22.6. The summed E-state index contributed by atoms with van der Waals surface area (Å²) in [6.07, 6.45) is -4.00. The minimum atomic E-state index is -4.48. The standard InChI is InChI=1S/C16H13F3N2O2/c1-10-5-6-11(7-14(10)20-9-22)15(23)21-13-4-2-3-12(8-13)16(17,18)19/h2-9H,1H3,(H,20,22)(H,21,23). The van der Waals surface area contributed by atoms with E-state index < -0.39 is 17.6 Å². The lowest BCUT2D eigenvalue weighted by Crippen LogP contribution is -2.13. The van der Waals surface area contributed by atoms with Crippen LogP contribution in [0, 0.1) is 6.92 Å². The molecule has 0 saturated carbocycles. The molecule has 0 radical (unpaired) electrons. The summed E-state index contributed by atoms with van der Waals surface area (Å²) >= 11 is 0. The lowest BCUT2D eigenvalue weighted by atomic mass is 10.1. The fraction of sp³-hybridized carbons (Fsp3) is 0.125. The molecule has 2 N–H and O–H groups in total. The van der Waals surface area contributed by atoms with Crippen molar-refractivity contribution in [1.29, 1.82) is 0 Å². The average molecular weight is 322 g/mol. The SMILES string of the molecule is Cc1ccc(C(=O)Nc2cccc(C(F)(F)F)c2)cc1NC=O. The fourth-order valence-corrected chi connectivity index (χ4v) is 1.96. The number of nitrogens with one attached hydrogen (secondary N) is 2. The van der Waals surface area contributed by atoms with Gasteiger partial charge < -0.3 is 10.6 Å². The predicted molar refractivity (Wildman–Crippen MR) is 80.3 cm³/mol. The number of carbonyl (C=O) groups is 2. The van der Waals surface area contributed by atoms with Crippen molar-refractivity contribution in [3.63, 3.8) is 0 Å². The molecular weight excluding hydrogens is 309 g/mol. The van der Waals surface area contributed by atoms with Crippen LogP contribution in [0.1, 0.15) is 21.5 Å². The predicted octanol–water partition coefficient (Wildman–Crippen LogP) is 3.83. The van der Waals surface area contributed by atoms with Gasteiger partial charge in [0.25, 0.3) is 5.91 Å². The first-order chi connectivity index (χ1) is 10.8. The molecular formula is C16H13F3N2O2. The fourth-order valence-electron chi connectivity index (χ4n) is 1.96. The molecule has 0 fully saturated rings. The largest absolute Gasteiger partial charge is 0.416 e. The lowest BCUT2D eigenvalue weighted by molar-refractivity contribution is -0.137. The van der Waals surface area contributed by atoms with Gasteiger partial charge in [0, 0.05) is 16.9 Å². The number of halogens is 3. The van der Waals surface area contributed by atoms with E-state index in [0.717, 1.165) is 17.7 Å². The van der Waals surface area contributed by atoms with E-state index in [2.05, 4.69) is 10.6 Å². The summed E-state index contributed by atoms with van der Waals surface area (Å²) in [6, 6.07) is 8.97. The maximum atomic E-state index is 12.7. The van der Waals surface area contributed by atoms with Crippen LogP contribution in [0.4, 0.5) is 24.5 Å². The highest BCUT2D eigenvalue weighted by molar-refractivity contribution is 6.05. The van der Waals surface area contributed by atoms with Crippen molar-refractivity contribution in [2.45, 2.75) is 13.1 Å². The minimum absolute atomic E-state index is 0.0373. The number of alkyl halides is 3. The van der Waals surface area contributed by atoms with Crippen LogP contribution < -0.4 is 10.6 Å². The van der Waals surface area contributed by atoms with Crippen molar-refractivity contribution < 1.29 is 22.8 Å². The van der Waals surface area contributed by atoms with Gasteiger partial charge in [0.15, 0.2) is 0 Å². The molecule has 0 bridgehead atoms. The maximum absolute atomic E-state index is 12.7. The number of hydrogen-bond acceptors (Lipinski definition) is 2. The monoisotopic (exact) mass is 322 g/mol. The van der Waals surface area contributed by atoms with Gasteiger partial charge in [-0.05, 0) is 42.8 Å². The minimum Gasteiger partial charge on any atom is -0.328 e. The van der Waals surface area contributed by atoms with Crippen molar-refractivity contribution in [1.82, 2.24) is 0 Å². The molecule has 2 rings (SSSR count). The maximum Gasteiger partial charge on any atom is 0.416 e. The van der Waals surface area contributed by atoms with Gasteiger partial charge >= 0.3 is 6.18 Å². The van der Waals surface area contributed by atoms with Crippen LogP contribution in [-0.4, -0.2) is 12.3 Å². The Balaban J connectivity index is 2.22. The number of aryl methyl sites for hydroxylation is 1. The van der Waals surface area contributed by atoms with E-state index in [-0.39, 0.29) is 11.3 Å². The van der Waals surface area contributed by atoms with Crippen LogP contribution in [0.25, 0.3) is 0 Å². The molecule has 2 amide bonds. The molecule has 0 saturated heterocycles. The Morgan fingerprint density at radius 1 is 1.13 bits per heavy atom. The van der Waals surface area contributed by atoms with E-state index in [4.69, 9.17) is 0 Å². The summed E-state index contributed by atoms with van der Waals surface area (Å²) < 4.78 is 38.0. The van der Waals surface area contributed by atoms with Crippen LogP contribution in [0.2, 0.25) is 0 Å². The Labute approximate surface area is 130 Å². The third-order valence-electron chi connectivity index (χ3n) is 3.16. The first-order valence-electron chi connectivity index (χ1n) is 6.60. The van der Waals surface area contributed by atoms with E-state index in [0.29, 0.717) is 12.1 Å². The first kappa shape index (κ1) is 16.5. The summed E-state index contributed by atoms with van der Waals surface area (Å²) in [7, 11) is 0. The van der Waals surface area contributed by atoms with Gasteiger partial charge in [-0.3, -0.25) is 9.59 Å². The molecule has 0 heterocycles. The topological polar surface area (TPSA) is 58.2 Å². The summed E-state index contributed by atoms with van der Waals surface area (Å²) in [5.41, 5.74) is 0.625. The molecule has 23 heavy (non-hydrogen) atoms. The van der Waals surface area contributed by atoms with E-state index in [9.17, 15) is 22.8 Å². The number of anilines is 2. The molecule has 0 atom stereocenters. The van der Waals surface area contributed by atoms with E-state index in [1.165, 1.54) is 24.3 Å². The molecule has 2 aromatic carbocycles. The van der Waals surface area contributed by atoms with Crippen molar-refractivity contribution in [2.75, 3.05) is 10.6 Å². The number of benzene rings is 2. The third kappa shape index (κ3) is 4.09. The molecule has 0 aromatic heterocycles. The third-order valence-corrected chi connectivity index (χ3v) is 3.16. The average Bonchev–Trinajstić information content (AvgIpc) is 2.49. The van der Waals surface area contributed by atoms with Crippen LogP contribution in [0.5, 0.6) is 0 Å². The number of amides is 2. The Bertz CT molecular complexity index is 742. The molecule has 0 unspecified atom stereocenters. The molecule has 0 spiro atoms. The zero-order valence-electron chi connectivity index (χ0n) is 12.1. The van der Waals surface area contributed by atoms with Crippen LogP contribution >= 0.6 is 0 Å². The van der Waals surface area contributed by atoms with Crippen LogP contribution in [-0.2, 0) is 11.0 Å². The highest BCUT2D eigenvalue weighted by Crippen LogP contribution is 2.30. The Hall–Kier alpha value is -2.83. The highest BCUT2D eigenvalue weighted by Gasteiger charge is 2.30. The molecule has 7 heteroatoms. The van der Waals surface area contributed by atoms with Crippen molar-refractivity contribution in [3.05, 3.63) is 59.2 Å². The van der Waals surface area contributed by atoms with E-state index in [1.54, 1.807) is 13.0 Å². The number of rotatable bonds is 4. The molecule has 0 aliphatic rings. The van der Waals surface area contributed by atoms with Gasteiger partial charge in [0.1, 0.15) is 0 Å². The zero-order valence-corrected chi connectivity index (χ0v) is 12.1. The van der Waals surface area contributed by atoms with Gasteiger partial charge in [0.05, 0.1) is 5.56 Å². The van der Waals surface area contributed by atoms with Gasteiger partial charge in [-0.15, -0.1) is 0 Å². The summed E-state index contributed by atoms with van der Waals surface area (Å²) in [5.74, 6) is -0.571. The lowest BCUT2D eigenvalue weighted by Gasteiger charge is -2.11. The Morgan fingerprint density at radius 3 is 2.52 bits per heavy atom. The second-order valence-electron chi connectivity index (χ2n) is 4.82. The quantitative estimate of drug-likeness (QED) is 0.840. The molecule has 120 valence electrons. The molecule has 4 nitrogen and oxygen atoms in total. The van der Waals surface area contributed by atoms with Gasteiger partial charge in [-0.1, -0.05) is 12.1 Å². The van der Waals surface area contributed by atoms with Crippen molar-refractivity contribution >= 4 is 23.7 Å². The highest BCUT2D eigenvalue weighted by atomic mass is 19.4. The Morgan fingerprint density at radius 2 is 1.87 bits per heavy atom. The van der Waals surface area contributed by atoms with E-state index in [1.807, 2.05) is 0 Å². The first-order valence-corrected chi connectivity index (χ1v) is 6.60. The molecule has 0 aliphatic carbocycles.